The van der Waals surface area contributed by atoms with Crippen molar-refractivity contribution in [3.8, 4) is 5.75 Å². The minimum Gasteiger partial charge on any atom is -0.508 e. The second kappa shape index (κ2) is 6.14. The van der Waals surface area contributed by atoms with Crippen molar-refractivity contribution in [3.63, 3.8) is 0 Å². The van der Waals surface area contributed by atoms with Gasteiger partial charge in [0.15, 0.2) is 11.4 Å². The predicted molar refractivity (Wildman–Crippen MR) is 107 cm³/mol. The number of phenols is 1. The number of pyridine rings is 1. The van der Waals surface area contributed by atoms with Crippen molar-refractivity contribution in [1.29, 1.82) is 0 Å². The Hall–Kier alpha value is -3.72. The molecule has 1 aromatic heterocycles. The maximum absolute atomic E-state index is 13.4. The van der Waals surface area contributed by atoms with Gasteiger partial charge in [-0.1, -0.05) is 0 Å². The molecular weight excluding hydrogens is 404 g/mol. The van der Waals surface area contributed by atoms with Gasteiger partial charge in [0.05, 0.1) is 11.1 Å². The maximum atomic E-state index is 13.4. The molecular formula is C22H18N2O7. The van der Waals surface area contributed by atoms with Gasteiger partial charge in [0.1, 0.15) is 22.8 Å². The fraction of sp³-hybridized carbons (Fsp3) is 0.273. The van der Waals surface area contributed by atoms with Crippen LogP contribution in [0.15, 0.2) is 41.3 Å². The second-order valence-electron chi connectivity index (χ2n) is 8.24. The molecule has 3 aliphatic carbocycles. The highest BCUT2D eigenvalue weighted by molar-refractivity contribution is 6.22. The number of benzene rings is 1. The standard InChI is InChI=1S/C22H18N2O7/c23-21(30)16-13(25)7-10-5-8-4-9-6-12-11(2-1-3-24-12)17(26)14(9)18(27)15(8)19(28)22(10,31)20(16)29/h1-3,6,8,10,26-27,29,31H,4-5,7H2,(H2,23,30)/t8?,10-,22-/m0/s1. The van der Waals surface area contributed by atoms with Gasteiger partial charge in [-0.3, -0.25) is 19.4 Å². The van der Waals surface area contributed by atoms with Crippen LogP contribution in [0.25, 0.3) is 16.7 Å². The van der Waals surface area contributed by atoms with Crippen molar-refractivity contribution in [2.75, 3.05) is 0 Å². The minimum atomic E-state index is -2.55. The highest BCUT2D eigenvalue weighted by atomic mass is 16.3. The lowest BCUT2D eigenvalue weighted by Crippen LogP contribution is -2.58. The quantitative estimate of drug-likeness (QED) is 0.423. The molecule has 3 atom stereocenters. The number of ketones is 2. The van der Waals surface area contributed by atoms with E-state index in [1.807, 2.05) is 0 Å². The number of fused-ring (bicyclic) bond motifs is 4. The first kappa shape index (κ1) is 19.3. The van der Waals surface area contributed by atoms with Crippen LogP contribution in [0.4, 0.5) is 0 Å². The molecule has 6 N–H and O–H groups in total. The molecule has 0 spiro atoms. The van der Waals surface area contributed by atoms with Crippen molar-refractivity contribution >= 4 is 34.1 Å². The Balaban J connectivity index is 1.74. The molecule has 0 radical (unpaired) electrons. The van der Waals surface area contributed by atoms with Crippen molar-refractivity contribution in [2.45, 2.75) is 24.9 Å². The molecule has 9 nitrogen and oxygen atoms in total. The maximum Gasteiger partial charge on any atom is 0.255 e. The molecule has 2 aromatic rings. The van der Waals surface area contributed by atoms with Crippen LogP contribution in [0.2, 0.25) is 0 Å². The summed E-state index contributed by atoms with van der Waals surface area (Å²) in [5.74, 6) is -6.36. The Kier molecular flexibility index (Phi) is 3.82. The first-order valence-corrected chi connectivity index (χ1v) is 9.73. The predicted octanol–water partition coefficient (Wildman–Crippen LogP) is 0.972. The molecule has 1 amide bonds. The number of primary amides is 1. The third kappa shape index (κ3) is 2.35. The van der Waals surface area contributed by atoms with Crippen LogP contribution in [-0.2, 0) is 20.8 Å². The number of nitrogens with two attached hydrogens (primary N) is 1. The van der Waals surface area contributed by atoms with Crippen molar-refractivity contribution in [3.05, 3.63) is 52.4 Å². The molecule has 0 aliphatic heterocycles. The Morgan fingerprint density at radius 3 is 2.65 bits per heavy atom. The average molecular weight is 422 g/mol. The first-order valence-electron chi connectivity index (χ1n) is 9.73. The van der Waals surface area contributed by atoms with Gasteiger partial charge >= 0.3 is 0 Å². The van der Waals surface area contributed by atoms with E-state index in [0.29, 0.717) is 16.5 Å². The topological polar surface area (TPSA) is 171 Å². The summed E-state index contributed by atoms with van der Waals surface area (Å²) in [7, 11) is 0. The van der Waals surface area contributed by atoms with E-state index in [-0.39, 0.29) is 36.1 Å². The van der Waals surface area contributed by atoms with Gasteiger partial charge in [0, 0.05) is 29.5 Å². The molecule has 0 saturated heterocycles. The van der Waals surface area contributed by atoms with Gasteiger partial charge < -0.3 is 26.2 Å². The summed E-state index contributed by atoms with van der Waals surface area (Å²) in [6, 6.07) is 4.96. The van der Waals surface area contributed by atoms with Gasteiger partial charge in [-0.15, -0.1) is 0 Å². The molecule has 1 fully saturated rings. The van der Waals surface area contributed by atoms with Gasteiger partial charge in [-0.25, -0.2) is 0 Å². The van der Waals surface area contributed by atoms with Gasteiger partial charge in [-0.05, 0) is 42.5 Å². The number of nitrogens with zero attached hydrogens (tertiary/aromatic N) is 1. The lowest BCUT2D eigenvalue weighted by molar-refractivity contribution is -0.147. The van der Waals surface area contributed by atoms with Crippen LogP contribution >= 0.6 is 0 Å². The second-order valence-corrected chi connectivity index (χ2v) is 8.24. The normalized spacial score (nSPS) is 27.8. The molecule has 31 heavy (non-hydrogen) atoms. The Bertz CT molecular complexity index is 1290. The van der Waals surface area contributed by atoms with E-state index in [1.54, 1.807) is 24.4 Å². The van der Waals surface area contributed by atoms with E-state index in [1.165, 1.54) is 0 Å². The van der Waals surface area contributed by atoms with E-state index < -0.39 is 52.0 Å². The van der Waals surface area contributed by atoms with E-state index in [9.17, 15) is 34.8 Å². The Morgan fingerprint density at radius 2 is 1.94 bits per heavy atom. The number of Topliss-reactive ketones (excluding diaryl/α,β-unsaturated/α-hetero) is 2. The Labute approximate surface area is 175 Å². The minimum absolute atomic E-state index is 0.0626. The smallest absolute Gasteiger partial charge is 0.255 e. The molecule has 3 aliphatic rings. The summed E-state index contributed by atoms with van der Waals surface area (Å²) in [6.07, 6.45) is 1.59. The number of rotatable bonds is 1. The molecule has 158 valence electrons. The molecule has 1 heterocycles. The first-order chi connectivity index (χ1) is 14.7. The van der Waals surface area contributed by atoms with Crippen LogP contribution in [0.3, 0.4) is 0 Å². The monoisotopic (exact) mass is 422 g/mol. The van der Waals surface area contributed by atoms with Crippen molar-refractivity contribution in [2.24, 2.45) is 17.6 Å². The number of phenolic OH excluding ortho intramolecular Hbond substituents is 1. The highest BCUT2D eigenvalue weighted by Gasteiger charge is 2.60. The van der Waals surface area contributed by atoms with Crippen LogP contribution < -0.4 is 5.73 Å². The third-order valence-electron chi connectivity index (χ3n) is 6.63. The number of carbonyl (C=O) groups is 3. The van der Waals surface area contributed by atoms with Crippen LogP contribution in [-0.4, -0.2) is 48.5 Å². The van der Waals surface area contributed by atoms with Crippen molar-refractivity contribution < 1.29 is 34.8 Å². The van der Waals surface area contributed by atoms with E-state index in [4.69, 9.17) is 5.73 Å². The number of amides is 1. The molecule has 1 aromatic carbocycles. The van der Waals surface area contributed by atoms with Gasteiger partial charge in [0.2, 0.25) is 5.78 Å². The molecule has 5 rings (SSSR count). The number of aromatic hydroxyl groups is 1. The average Bonchev–Trinajstić information content (AvgIpc) is 2.70. The van der Waals surface area contributed by atoms with Crippen LogP contribution in [0, 0.1) is 11.8 Å². The van der Waals surface area contributed by atoms with Gasteiger partial charge in [0.25, 0.3) is 5.91 Å². The summed E-state index contributed by atoms with van der Waals surface area (Å²) >= 11 is 0. The molecule has 0 bridgehead atoms. The summed E-state index contributed by atoms with van der Waals surface area (Å²) in [5.41, 5.74) is 2.82. The van der Waals surface area contributed by atoms with Crippen LogP contribution in [0.5, 0.6) is 5.75 Å². The van der Waals surface area contributed by atoms with Crippen molar-refractivity contribution in [1.82, 2.24) is 4.98 Å². The SMILES string of the molecule is NC(=O)C1=C(O)[C@@]2(O)C(=O)C3=C(O)c4c(cc5ncccc5c4O)CC3C[C@H]2CC1=O. The molecule has 1 saturated carbocycles. The lowest BCUT2D eigenvalue weighted by Gasteiger charge is -2.46. The summed E-state index contributed by atoms with van der Waals surface area (Å²) < 4.78 is 0. The summed E-state index contributed by atoms with van der Waals surface area (Å²) in [5, 5.41) is 43.9. The zero-order valence-corrected chi connectivity index (χ0v) is 16.1. The van der Waals surface area contributed by atoms with Crippen LogP contribution in [0.1, 0.15) is 24.0 Å². The zero-order valence-electron chi connectivity index (χ0n) is 16.1. The number of carbonyl (C=O) groups excluding carboxylic acids is 3. The molecule has 9 heteroatoms. The number of aliphatic hydroxyl groups excluding tert-OH is 2. The van der Waals surface area contributed by atoms with E-state index in [2.05, 4.69) is 4.98 Å². The highest BCUT2D eigenvalue weighted by Crippen LogP contribution is 2.52. The number of aliphatic hydroxyl groups is 3. The largest absolute Gasteiger partial charge is 0.508 e. The summed E-state index contributed by atoms with van der Waals surface area (Å²) in [4.78, 5) is 41.6. The fourth-order valence-electron chi connectivity index (χ4n) is 5.21. The number of hydrogen-bond acceptors (Lipinski definition) is 8. The van der Waals surface area contributed by atoms with E-state index in [0.717, 1.165) is 0 Å². The molecule has 1 unspecified atom stereocenters. The Morgan fingerprint density at radius 1 is 1.19 bits per heavy atom. The van der Waals surface area contributed by atoms with E-state index >= 15 is 0 Å². The fourth-order valence-corrected chi connectivity index (χ4v) is 5.21. The number of aromatic nitrogens is 1. The number of hydrogen-bond donors (Lipinski definition) is 5. The lowest BCUT2D eigenvalue weighted by atomic mass is 9.59. The van der Waals surface area contributed by atoms with Gasteiger partial charge in [-0.2, -0.15) is 0 Å². The zero-order chi connectivity index (χ0) is 22.2. The summed E-state index contributed by atoms with van der Waals surface area (Å²) in [6.45, 7) is 0. The third-order valence-corrected chi connectivity index (χ3v) is 6.63.